The maximum Gasteiger partial charge on any atom is 0.00936 e. The topological polar surface area (TPSA) is 0 Å². The van der Waals surface area contributed by atoms with E-state index in [1.165, 1.54) is 51.4 Å². The van der Waals surface area contributed by atoms with Gasteiger partial charge in [0, 0.05) is 5.41 Å². The number of rotatable bonds is 1. The molecule has 0 unspecified atom stereocenters. The van der Waals surface area contributed by atoms with Gasteiger partial charge in [0.1, 0.15) is 0 Å². The summed E-state index contributed by atoms with van der Waals surface area (Å²) in [5, 5.41) is 0. The van der Waals surface area contributed by atoms with Gasteiger partial charge in [-0.25, -0.2) is 0 Å². The van der Waals surface area contributed by atoms with E-state index in [1.807, 2.05) is 0 Å². The van der Waals surface area contributed by atoms with Crippen LogP contribution in [-0.2, 0) is 0 Å². The quantitative estimate of drug-likeness (QED) is 0.507. The first-order valence-electron chi connectivity index (χ1n) is 9.47. The van der Waals surface area contributed by atoms with Gasteiger partial charge in [-0.05, 0) is 74.0 Å². The Morgan fingerprint density at radius 2 is 2.00 bits per heavy atom. The molecule has 0 nitrogen and oxygen atoms in total. The summed E-state index contributed by atoms with van der Waals surface area (Å²) < 4.78 is 0. The average Bonchev–Trinajstić information content (AvgIpc) is 2.83. The van der Waals surface area contributed by atoms with Crippen LogP contribution in [0.3, 0.4) is 0 Å². The van der Waals surface area contributed by atoms with Crippen LogP contribution in [0, 0.1) is 34.5 Å². The summed E-state index contributed by atoms with van der Waals surface area (Å²) in [4.78, 5) is 0. The minimum atomic E-state index is 0.410. The Morgan fingerprint density at radius 3 is 2.81 bits per heavy atom. The molecule has 21 heavy (non-hydrogen) atoms. The average molecular weight is 284 g/mol. The third-order valence-electron chi connectivity index (χ3n) is 8.27. The number of hydrogen-bond acceptors (Lipinski definition) is 0. The molecular formula is C21H32. The predicted octanol–water partition coefficient (Wildman–Crippen LogP) is 6.14. The maximum absolute atomic E-state index is 2.66. The van der Waals surface area contributed by atoms with E-state index in [-0.39, 0.29) is 0 Å². The fourth-order valence-corrected chi connectivity index (χ4v) is 7.05. The zero-order chi connectivity index (χ0) is 14.7. The van der Waals surface area contributed by atoms with Crippen molar-refractivity contribution in [3.63, 3.8) is 0 Å². The molecule has 0 heteroatoms. The molecule has 0 aromatic carbocycles. The van der Waals surface area contributed by atoms with Crippen LogP contribution >= 0.6 is 0 Å². The molecule has 0 aromatic rings. The van der Waals surface area contributed by atoms with Crippen molar-refractivity contribution in [1.29, 1.82) is 0 Å². The van der Waals surface area contributed by atoms with Crippen LogP contribution in [0.25, 0.3) is 0 Å². The van der Waals surface area contributed by atoms with Crippen LogP contribution in [-0.4, -0.2) is 0 Å². The largest absolute Gasteiger partial charge is 0.0873 e. The molecule has 0 radical (unpaired) electrons. The van der Waals surface area contributed by atoms with Gasteiger partial charge in [0.2, 0.25) is 0 Å². The summed E-state index contributed by atoms with van der Waals surface area (Å²) in [7, 11) is 0. The highest BCUT2D eigenvalue weighted by molar-refractivity contribution is 5.31. The monoisotopic (exact) mass is 284 g/mol. The second-order valence-electron chi connectivity index (χ2n) is 8.79. The highest BCUT2D eigenvalue weighted by atomic mass is 14.6. The highest BCUT2D eigenvalue weighted by Crippen LogP contribution is 2.65. The van der Waals surface area contributed by atoms with Crippen molar-refractivity contribution in [2.24, 2.45) is 34.5 Å². The molecule has 0 bridgehead atoms. The number of hydrogen-bond donors (Lipinski definition) is 0. The van der Waals surface area contributed by atoms with Gasteiger partial charge in [-0.1, -0.05) is 51.0 Å². The fraction of sp³-hybridized carbons (Fsp3) is 0.810. The van der Waals surface area contributed by atoms with Crippen molar-refractivity contribution < 1.29 is 0 Å². The number of allylic oxidation sites excluding steroid dienone is 4. The second-order valence-corrected chi connectivity index (χ2v) is 8.79. The van der Waals surface area contributed by atoms with Crippen molar-refractivity contribution in [1.82, 2.24) is 0 Å². The summed E-state index contributed by atoms with van der Waals surface area (Å²) >= 11 is 0. The van der Waals surface area contributed by atoms with Crippen LogP contribution in [0.1, 0.15) is 72.1 Å². The molecule has 0 aliphatic heterocycles. The summed E-state index contributed by atoms with van der Waals surface area (Å²) in [5.41, 5.74) is 2.85. The lowest BCUT2D eigenvalue weighted by atomic mass is 9.48. The molecule has 116 valence electrons. The normalized spacial score (nSPS) is 51.9. The molecule has 0 spiro atoms. The van der Waals surface area contributed by atoms with Crippen molar-refractivity contribution in [3.8, 4) is 0 Å². The first-order valence-corrected chi connectivity index (χ1v) is 9.47. The fourth-order valence-electron chi connectivity index (χ4n) is 7.05. The van der Waals surface area contributed by atoms with Gasteiger partial charge < -0.3 is 0 Å². The van der Waals surface area contributed by atoms with Crippen molar-refractivity contribution >= 4 is 0 Å². The van der Waals surface area contributed by atoms with Crippen LogP contribution in [0.15, 0.2) is 23.8 Å². The van der Waals surface area contributed by atoms with E-state index in [0.29, 0.717) is 10.8 Å². The zero-order valence-corrected chi connectivity index (χ0v) is 14.2. The van der Waals surface area contributed by atoms with Gasteiger partial charge in [-0.15, -0.1) is 0 Å². The lowest BCUT2D eigenvalue weighted by molar-refractivity contribution is -0.0233. The highest BCUT2D eigenvalue weighted by Gasteiger charge is 2.57. The molecule has 0 aromatic heterocycles. The Hall–Kier alpha value is -0.520. The van der Waals surface area contributed by atoms with Gasteiger partial charge in [-0.2, -0.15) is 0 Å². The molecule has 4 aliphatic rings. The minimum Gasteiger partial charge on any atom is -0.0873 e. The Morgan fingerprint density at radius 1 is 1.14 bits per heavy atom. The van der Waals surface area contributed by atoms with E-state index in [4.69, 9.17) is 0 Å². The molecule has 4 aliphatic carbocycles. The van der Waals surface area contributed by atoms with E-state index in [9.17, 15) is 0 Å². The van der Waals surface area contributed by atoms with Gasteiger partial charge in [0.05, 0.1) is 0 Å². The van der Waals surface area contributed by atoms with E-state index >= 15 is 0 Å². The van der Waals surface area contributed by atoms with E-state index in [2.05, 4.69) is 39.0 Å². The first-order chi connectivity index (χ1) is 10.1. The molecule has 0 saturated heterocycles. The van der Waals surface area contributed by atoms with Crippen LogP contribution < -0.4 is 0 Å². The minimum absolute atomic E-state index is 0.410. The molecule has 0 N–H and O–H groups in total. The second kappa shape index (κ2) is 4.74. The first kappa shape index (κ1) is 14.1. The predicted molar refractivity (Wildman–Crippen MR) is 90.0 cm³/mol. The lowest BCUT2D eigenvalue weighted by Crippen LogP contribution is -2.48. The Kier molecular flexibility index (Phi) is 3.18. The summed E-state index contributed by atoms with van der Waals surface area (Å²) in [5.74, 6) is 3.91. The van der Waals surface area contributed by atoms with E-state index < -0.39 is 0 Å². The number of fused-ring (bicyclic) bond motifs is 5. The molecule has 6 atom stereocenters. The molecular weight excluding hydrogens is 252 g/mol. The molecule has 0 heterocycles. The summed E-state index contributed by atoms with van der Waals surface area (Å²) in [6.07, 6.45) is 19.1. The Balaban J connectivity index is 1.69. The molecule has 2 fully saturated rings. The van der Waals surface area contributed by atoms with Crippen molar-refractivity contribution in [3.05, 3.63) is 23.8 Å². The van der Waals surface area contributed by atoms with Gasteiger partial charge in [-0.3, -0.25) is 0 Å². The van der Waals surface area contributed by atoms with Crippen LogP contribution in [0.5, 0.6) is 0 Å². The maximum atomic E-state index is 2.66. The zero-order valence-electron chi connectivity index (χ0n) is 14.2. The lowest BCUT2D eigenvalue weighted by Gasteiger charge is -2.56. The third-order valence-corrected chi connectivity index (χ3v) is 8.27. The van der Waals surface area contributed by atoms with Gasteiger partial charge >= 0.3 is 0 Å². The standard InChI is InChI=1S/C21H32/c1-4-15-9-11-18-17-10-8-16-7-5-6-13-20(16,2)19(17)12-14-21(15,18)3/h6,8,13,15,17-19H,4-5,7,9-12,14H2,1-3H3/t15-,17-,18-,19-,20-,21+/m0/s1. The van der Waals surface area contributed by atoms with Crippen molar-refractivity contribution in [2.75, 3.05) is 0 Å². The van der Waals surface area contributed by atoms with Gasteiger partial charge in [0.15, 0.2) is 0 Å². The van der Waals surface area contributed by atoms with Crippen LogP contribution in [0.2, 0.25) is 0 Å². The summed E-state index contributed by atoms with van der Waals surface area (Å²) in [6, 6.07) is 0. The smallest absolute Gasteiger partial charge is 0.00936 e. The summed E-state index contributed by atoms with van der Waals surface area (Å²) in [6.45, 7) is 7.63. The van der Waals surface area contributed by atoms with Gasteiger partial charge in [0.25, 0.3) is 0 Å². The molecule has 0 amide bonds. The van der Waals surface area contributed by atoms with Crippen molar-refractivity contribution in [2.45, 2.75) is 72.1 Å². The van der Waals surface area contributed by atoms with Crippen LogP contribution in [0.4, 0.5) is 0 Å². The van der Waals surface area contributed by atoms with E-state index in [1.54, 1.807) is 5.57 Å². The Labute approximate surface area is 131 Å². The SMILES string of the molecule is CC[C@H]1CC[C@H]2[C@@H]3CC=C4CCC=C[C@]4(C)[C@H]3CC[C@]12C. The molecule has 4 rings (SSSR count). The van der Waals surface area contributed by atoms with E-state index in [0.717, 1.165) is 23.7 Å². The Bertz CT molecular complexity index is 484. The molecule has 2 saturated carbocycles. The third kappa shape index (κ3) is 1.80.